The maximum absolute atomic E-state index is 12.0. The van der Waals surface area contributed by atoms with Gasteiger partial charge in [0.1, 0.15) is 0 Å². The molecule has 0 radical (unpaired) electrons. The van der Waals surface area contributed by atoms with E-state index in [-0.39, 0.29) is 16.9 Å². The molecule has 21 heavy (non-hydrogen) atoms. The van der Waals surface area contributed by atoms with Crippen molar-refractivity contribution in [2.45, 2.75) is 37.5 Å². The summed E-state index contributed by atoms with van der Waals surface area (Å²) in [7, 11) is -3.49. The number of hydrogen-bond donors (Lipinski definition) is 1. The lowest BCUT2D eigenvalue weighted by atomic mass is 9.97. The van der Waals surface area contributed by atoms with Crippen molar-refractivity contribution in [3.63, 3.8) is 0 Å². The molecule has 0 atom stereocenters. The van der Waals surface area contributed by atoms with E-state index in [0.29, 0.717) is 18.1 Å². The van der Waals surface area contributed by atoms with Crippen LogP contribution in [0.15, 0.2) is 39.8 Å². The van der Waals surface area contributed by atoms with E-state index in [9.17, 15) is 8.42 Å². The van der Waals surface area contributed by atoms with Crippen LogP contribution in [-0.4, -0.2) is 25.1 Å². The van der Waals surface area contributed by atoms with Gasteiger partial charge in [0.05, 0.1) is 4.90 Å². The zero-order valence-corrected chi connectivity index (χ0v) is 13.1. The number of nitrogens with one attached hydrogen (secondary N) is 1. The quantitative estimate of drug-likeness (QED) is 0.911. The molecule has 2 aromatic rings. The van der Waals surface area contributed by atoms with E-state index in [1.807, 2.05) is 20.8 Å². The zero-order valence-electron chi connectivity index (χ0n) is 12.3. The summed E-state index contributed by atoms with van der Waals surface area (Å²) >= 11 is 0. The summed E-state index contributed by atoms with van der Waals surface area (Å²) in [6.07, 6.45) is 0.381. The summed E-state index contributed by atoms with van der Waals surface area (Å²) in [5, 5.41) is 3.85. The first-order valence-electron chi connectivity index (χ1n) is 6.67. The number of sulfonamides is 1. The third kappa shape index (κ3) is 4.12. The van der Waals surface area contributed by atoms with Gasteiger partial charge in [0.25, 0.3) is 0 Å². The number of hydrogen-bond acceptors (Lipinski definition) is 5. The van der Waals surface area contributed by atoms with Crippen molar-refractivity contribution in [3.8, 4) is 0 Å². The fourth-order valence-corrected chi connectivity index (χ4v) is 2.69. The molecule has 6 nitrogen and oxygen atoms in total. The maximum atomic E-state index is 12.0. The highest BCUT2D eigenvalue weighted by Crippen LogP contribution is 2.19. The van der Waals surface area contributed by atoms with Crippen molar-refractivity contribution in [3.05, 3.63) is 42.0 Å². The van der Waals surface area contributed by atoms with Crippen LogP contribution in [-0.2, 0) is 21.9 Å². The maximum Gasteiger partial charge on any atom is 0.240 e. The Hall–Kier alpha value is -1.73. The molecule has 114 valence electrons. The fourth-order valence-electron chi connectivity index (χ4n) is 1.64. The predicted molar refractivity (Wildman–Crippen MR) is 78.3 cm³/mol. The topological polar surface area (TPSA) is 85.1 Å². The molecular weight excluding hydrogens is 290 g/mol. The minimum absolute atomic E-state index is 0.213. The Bertz CT molecular complexity index is 688. The second kappa shape index (κ2) is 5.95. The number of nitrogens with zero attached hydrogens (tertiary/aromatic N) is 2. The van der Waals surface area contributed by atoms with Crippen molar-refractivity contribution in [1.29, 1.82) is 0 Å². The van der Waals surface area contributed by atoms with Crippen LogP contribution in [0.1, 0.15) is 32.5 Å². The van der Waals surface area contributed by atoms with Crippen LogP contribution in [0, 0.1) is 0 Å². The van der Waals surface area contributed by atoms with E-state index in [2.05, 4.69) is 14.9 Å². The van der Waals surface area contributed by atoms with Gasteiger partial charge >= 0.3 is 0 Å². The van der Waals surface area contributed by atoms with Gasteiger partial charge < -0.3 is 4.52 Å². The first-order chi connectivity index (χ1) is 9.79. The van der Waals surface area contributed by atoms with E-state index < -0.39 is 10.0 Å². The lowest BCUT2D eigenvalue weighted by Gasteiger charge is -2.10. The third-order valence-corrected chi connectivity index (χ3v) is 4.28. The second-order valence-corrected chi connectivity index (χ2v) is 7.49. The molecule has 1 aromatic heterocycles. The molecule has 1 heterocycles. The van der Waals surface area contributed by atoms with Gasteiger partial charge in [-0.05, 0) is 12.1 Å². The number of rotatable bonds is 5. The molecule has 1 aromatic carbocycles. The normalized spacial score (nSPS) is 12.5. The van der Waals surface area contributed by atoms with Crippen LogP contribution in [0.25, 0.3) is 0 Å². The Kier molecular flexibility index (Phi) is 4.43. The highest BCUT2D eigenvalue weighted by molar-refractivity contribution is 7.89. The monoisotopic (exact) mass is 309 g/mol. The standard InChI is InChI=1S/C14H19N3O3S/c1-14(2,3)13-16-12(17-20-13)9-10-15-21(18,19)11-7-5-4-6-8-11/h4-8,15H,9-10H2,1-3H3. The van der Waals surface area contributed by atoms with Crippen LogP contribution in [0.5, 0.6) is 0 Å². The average molecular weight is 309 g/mol. The summed E-state index contributed by atoms with van der Waals surface area (Å²) in [4.78, 5) is 4.51. The molecular formula is C14H19N3O3S. The Balaban J connectivity index is 1.94. The van der Waals surface area contributed by atoms with Gasteiger partial charge in [-0.25, -0.2) is 13.1 Å². The Labute approximate surface area is 124 Å². The van der Waals surface area contributed by atoms with Crippen molar-refractivity contribution in [1.82, 2.24) is 14.9 Å². The molecule has 0 aliphatic heterocycles. The Morgan fingerprint density at radius 1 is 1.19 bits per heavy atom. The van der Waals surface area contributed by atoms with Crippen LogP contribution in [0.2, 0.25) is 0 Å². The number of aromatic nitrogens is 2. The lowest BCUT2D eigenvalue weighted by molar-refractivity contribution is 0.318. The molecule has 0 aliphatic carbocycles. The van der Waals surface area contributed by atoms with E-state index >= 15 is 0 Å². The van der Waals surface area contributed by atoms with Crippen molar-refractivity contribution >= 4 is 10.0 Å². The van der Waals surface area contributed by atoms with Crippen molar-refractivity contribution < 1.29 is 12.9 Å². The summed E-state index contributed by atoms with van der Waals surface area (Å²) in [6.45, 7) is 6.15. The van der Waals surface area contributed by atoms with Gasteiger partial charge in [-0.3, -0.25) is 0 Å². The molecule has 0 amide bonds. The van der Waals surface area contributed by atoms with Gasteiger partial charge in [0.2, 0.25) is 15.9 Å². The van der Waals surface area contributed by atoms with E-state index in [4.69, 9.17) is 4.52 Å². The van der Waals surface area contributed by atoms with E-state index in [0.717, 1.165) is 0 Å². The molecule has 0 fully saturated rings. The molecule has 0 saturated carbocycles. The summed E-state index contributed by atoms with van der Waals surface area (Å²) in [6, 6.07) is 8.24. The van der Waals surface area contributed by atoms with Gasteiger partial charge in [-0.15, -0.1) is 0 Å². The molecule has 0 bridgehead atoms. The van der Waals surface area contributed by atoms with Gasteiger partial charge in [0.15, 0.2) is 5.82 Å². The van der Waals surface area contributed by atoms with Crippen molar-refractivity contribution in [2.24, 2.45) is 0 Å². The smallest absolute Gasteiger partial charge is 0.240 e. The largest absolute Gasteiger partial charge is 0.339 e. The molecule has 0 spiro atoms. The molecule has 7 heteroatoms. The highest BCUT2D eigenvalue weighted by Gasteiger charge is 2.21. The van der Waals surface area contributed by atoms with Crippen LogP contribution in [0.4, 0.5) is 0 Å². The second-order valence-electron chi connectivity index (χ2n) is 5.73. The molecule has 1 N–H and O–H groups in total. The van der Waals surface area contributed by atoms with Gasteiger partial charge in [0, 0.05) is 18.4 Å². The van der Waals surface area contributed by atoms with Crippen LogP contribution < -0.4 is 4.72 Å². The lowest BCUT2D eigenvalue weighted by Crippen LogP contribution is -2.26. The molecule has 0 saturated heterocycles. The van der Waals surface area contributed by atoms with Gasteiger partial charge in [-0.1, -0.05) is 44.1 Å². The van der Waals surface area contributed by atoms with Gasteiger partial charge in [-0.2, -0.15) is 4.98 Å². The first-order valence-corrected chi connectivity index (χ1v) is 8.15. The first kappa shape index (κ1) is 15.7. The fraction of sp³-hybridized carbons (Fsp3) is 0.429. The molecule has 0 aliphatic rings. The minimum atomic E-state index is -3.49. The molecule has 2 rings (SSSR count). The summed E-state index contributed by atoms with van der Waals surface area (Å²) in [5.74, 6) is 1.04. The zero-order chi connectivity index (χ0) is 15.5. The van der Waals surface area contributed by atoms with Crippen molar-refractivity contribution in [2.75, 3.05) is 6.54 Å². The Morgan fingerprint density at radius 2 is 1.86 bits per heavy atom. The molecule has 0 unspecified atom stereocenters. The average Bonchev–Trinajstić information content (AvgIpc) is 2.88. The van der Waals surface area contributed by atoms with E-state index in [1.165, 1.54) is 0 Å². The van der Waals surface area contributed by atoms with Crippen LogP contribution >= 0.6 is 0 Å². The summed E-state index contributed by atoms with van der Waals surface area (Å²) < 4.78 is 31.7. The third-order valence-electron chi connectivity index (χ3n) is 2.80. The Morgan fingerprint density at radius 3 is 2.43 bits per heavy atom. The van der Waals surface area contributed by atoms with E-state index in [1.54, 1.807) is 30.3 Å². The summed E-state index contributed by atoms with van der Waals surface area (Å²) in [5.41, 5.74) is -0.213. The minimum Gasteiger partial charge on any atom is -0.339 e. The van der Waals surface area contributed by atoms with Crippen LogP contribution in [0.3, 0.4) is 0 Å². The number of benzene rings is 1. The predicted octanol–water partition coefficient (Wildman–Crippen LogP) is 1.89. The SMILES string of the molecule is CC(C)(C)c1nc(CCNS(=O)(=O)c2ccccc2)no1. The highest BCUT2D eigenvalue weighted by atomic mass is 32.2.